The van der Waals surface area contributed by atoms with Crippen LogP contribution in [-0.2, 0) is 0 Å². The third-order valence-corrected chi connectivity index (χ3v) is 30.9. The summed E-state index contributed by atoms with van der Waals surface area (Å²) in [4.78, 5) is 7.18. The fourth-order valence-electron chi connectivity index (χ4n) is 24.0. The lowest BCUT2D eigenvalue weighted by Gasteiger charge is -2.28. The maximum absolute atomic E-state index is 2.44. The molecule has 700 valence electrons. The summed E-state index contributed by atoms with van der Waals surface area (Å²) in [6, 6.07) is 208. The molecule has 6 heteroatoms. The Morgan fingerprint density at radius 1 is 0.120 bits per heavy atom. The second-order valence-corrected chi connectivity index (χ2v) is 39.3. The highest BCUT2D eigenvalue weighted by atomic mass is 15.2. The molecule has 31 rings (SSSR count). The first-order chi connectivity index (χ1) is 74.4. The number of fused-ring (bicyclic) bond motifs is 27. The first kappa shape index (κ1) is 86.7. The highest BCUT2D eigenvalue weighted by Crippen LogP contribution is 2.51. The molecule has 0 N–H and O–H groups in total. The van der Waals surface area contributed by atoms with Crippen LogP contribution in [0.3, 0.4) is 0 Å². The average molecular weight is 1910 g/mol. The Labute approximate surface area is 866 Å². The van der Waals surface area contributed by atoms with Crippen LogP contribution in [0.5, 0.6) is 0 Å². The second-order valence-electron chi connectivity index (χ2n) is 39.3. The van der Waals surface area contributed by atoms with Gasteiger partial charge in [0, 0.05) is 100.0 Å². The van der Waals surface area contributed by atoms with E-state index < -0.39 is 0 Å². The van der Waals surface area contributed by atoms with Gasteiger partial charge in [0.15, 0.2) is 0 Å². The molecule has 0 atom stereocenters. The van der Waals surface area contributed by atoms with Crippen molar-refractivity contribution >= 4 is 246 Å². The predicted molar refractivity (Wildman–Crippen MR) is 642 cm³/mol. The van der Waals surface area contributed by atoms with E-state index in [1.165, 1.54) is 206 Å². The Morgan fingerprint density at radius 2 is 0.333 bits per heavy atom. The van der Waals surface area contributed by atoms with Gasteiger partial charge in [-0.05, 0) is 299 Å². The van der Waals surface area contributed by atoms with Crippen LogP contribution in [0.1, 0.15) is 0 Å². The van der Waals surface area contributed by atoms with Gasteiger partial charge in [0.2, 0.25) is 0 Å². The topological polar surface area (TPSA) is 24.5 Å². The van der Waals surface area contributed by atoms with Crippen LogP contribution in [-0.4, -0.2) is 13.7 Å². The molecule has 0 aliphatic heterocycles. The monoisotopic (exact) mass is 1910 g/mol. The Balaban J connectivity index is 0.000000106. The largest absolute Gasteiger partial charge is 0.310 e. The highest BCUT2D eigenvalue weighted by molar-refractivity contribution is 6.32. The summed E-state index contributed by atoms with van der Waals surface area (Å²) in [5.41, 5.74) is 23.3. The molecule has 28 aromatic carbocycles. The Kier molecular flexibility index (Phi) is 20.9. The van der Waals surface area contributed by atoms with Crippen molar-refractivity contribution in [3.05, 3.63) is 570 Å². The van der Waals surface area contributed by atoms with E-state index >= 15 is 0 Å². The number of benzene rings is 28. The molecule has 3 heterocycles. The Bertz CT molecular complexity index is 10500. The first-order valence-electron chi connectivity index (χ1n) is 51.6. The third kappa shape index (κ3) is 14.7. The maximum atomic E-state index is 2.44. The molecule has 3 aromatic heterocycles. The van der Waals surface area contributed by atoms with Crippen LogP contribution in [0, 0.1) is 0 Å². The molecular formula is C144H94N6. The molecule has 0 saturated heterocycles. The highest BCUT2D eigenvalue weighted by Gasteiger charge is 2.27. The van der Waals surface area contributed by atoms with Crippen LogP contribution < -0.4 is 14.7 Å². The predicted octanol–water partition coefficient (Wildman–Crippen LogP) is 40.3. The normalized spacial score (nSPS) is 11.7. The SMILES string of the molecule is c1ccc(-c2ccc(N(c3ccc(-n4c5ccc6ccccc6c5c5c6ccccc6ccc54)cc3)c3ccc4ccccc4c3)c3ccccc23)cc1.c1ccc2cc(N(c3ccc(-n4c5ccc6ccccc6c5c5c6ccccc6ccc54)cc3)c3ccc4ccccc4c3)ccc2c1.c1ccc2cc(N(c3ccc(-n4c5ccc6ccccc6c5c5c6ccccc6ccc54)cc3)c3cccc4ccccc34)ccc2c1. The second kappa shape index (κ2) is 36.1. The number of hydrogen-bond acceptors (Lipinski definition) is 3. The zero-order valence-corrected chi connectivity index (χ0v) is 82.0. The van der Waals surface area contributed by atoms with E-state index in [1.807, 2.05) is 0 Å². The molecule has 0 amide bonds. The van der Waals surface area contributed by atoms with Gasteiger partial charge < -0.3 is 28.4 Å². The quantitative estimate of drug-likeness (QED) is 0.115. The van der Waals surface area contributed by atoms with Gasteiger partial charge in [0.1, 0.15) is 0 Å². The van der Waals surface area contributed by atoms with Crippen molar-refractivity contribution in [1.82, 2.24) is 13.7 Å². The van der Waals surface area contributed by atoms with Crippen LogP contribution in [0.25, 0.3) is 223 Å². The standard InChI is InChI=1S/C52H34N2.2C46H30N2/c1-2-13-36(14-3-1)43-30-33-48(47-21-11-10-20-46(43)47)53(42-25-22-35-12-4-5-17-39(35)34-42)40-26-28-41(29-27-40)54-49-31-23-37-15-6-8-18-44(37)51(49)52-45-19-9-7-16-38(45)24-32-50(52)54;1-3-13-35-29-39(21-17-31(35)9-1)47(40-22-18-32-10-2-4-14-36(32)30-40)37-23-25-38(26-24-37)48-43-27-19-33-11-5-7-15-41(33)45(43)46-42-16-8-6-12-34(42)20-28-44(46)48;1-2-14-35-30-38(23-20-31(35)10-1)47(42-19-9-15-32-11-3-6-16-39(32)42)36-24-26-37(27-25-36)48-43-28-21-33-12-4-7-17-40(33)45(43)46-41-18-8-5-13-34(41)22-29-44(46)48/h1-34H;2*1-30H. The lowest BCUT2D eigenvalue weighted by atomic mass is 9.96. The zero-order chi connectivity index (χ0) is 98.8. The lowest BCUT2D eigenvalue weighted by Crippen LogP contribution is -2.11. The summed E-state index contributed by atoms with van der Waals surface area (Å²) >= 11 is 0. The number of nitrogens with zero attached hydrogens (tertiary/aromatic N) is 6. The summed E-state index contributed by atoms with van der Waals surface area (Å²) in [5, 5.41) is 37.7. The first-order valence-corrected chi connectivity index (χ1v) is 51.6. The summed E-state index contributed by atoms with van der Waals surface area (Å²) in [6.45, 7) is 0. The van der Waals surface area contributed by atoms with Gasteiger partial charge >= 0.3 is 0 Å². The van der Waals surface area contributed by atoms with E-state index in [9.17, 15) is 0 Å². The molecule has 0 aliphatic rings. The zero-order valence-electron chi connectivity index (χ0n) is 82.0. The van der Waals surface area contributed by atoms with E-state index in [0.717, 1.165) is 68.2 Å². The lowest BCUT2D eigenvalue weighted by molar-refractivity contribution is 1.18. The van der Waals surface area contributed by atoms with Gasteiger partial charge in [0.05, 0.1) is 44.5 Å². The number of hydrogen-bond donors (Lipinski definition) is 0. The fraction of sp³-hybridized carbons (Fsp3) is 0. The van der Waals surface area contributed by atoms with E-state index in [0.29, 0.717) is 0 Å². The van der Waals surface area contributed by atoms with Crippen LogP contribution in [0.4, 0.5) is 51.2 Å². The van der Waals surface area contributed by atoms with Gasteiger partial charge in [-0.2, -0.15) is 0 Å². The molecule has 150 heavy (non-hydrogen) atoms. The molecule has 0 bridgehead atoms. The molecule has 0 aliphatic carbocycles. The van der Waals surface area contributed by atoms with Gasteiger partial charge in [0.25, 0.3) is 0 Å². The van der Waals surface area contributed by atoms with Gasteiger partial charge in [-0.25, -0.2) is 0 Å². The number of aromatic nitrogens is 3. The van der Waals surface area contributed by atoms with Crippen molar-refractivity contribution < 1.29 is 0 Å². The maximum Gasteiger partial charge on any atom is 0.0547 e. The average Bonchev–Trinajstić information content (AvgIpc) is 1.56. The van der Waals surface area contributed by atoms with Crippen LogP contribution in [0.15, 0.2) is 570 Å². The van der Waals surface area contributed by atoms with Crippen molar-refractivity contribution in [2.24, 2.45) is 0 Å². The Morgan fingerprint density at radius 3 is 0.640 bits per heavy atom. The molecule has 31 aromatic rings. The van der Waals surface area contributed by atoms with Crippen molar-refractivity contribution in [2.75, 3.05) is 14.7 Å². The minimum absolute atomic E-state index is 1.10. The van der Waals surface area contributed by atoms with E-state index in [2.05, 4.69) is 599 Å². The number of rotatable bonds is 13. The molecular weight excluding hydrogens is 1810 g/mol. The molecule has 0 unspecified atom stereocenters. The van der Waals surface area contributed by atoms with E-state index in [-0.39, 0.29) is 0 Å². The van der Waals surface area contributed by atoms with Crippen molar-refractivity contribution in [3.63, 3.8) is 0 Å². The van der Waals surface area contributed by atoms with Gasteiger partial charge in [-0.15, -0.1) is 0 Å². The molecule has 0 spiro atoms. The minimum atomic E-state index is 1.10. The van der Waals surface area contributed by atoms with Gasteiger partial charge in [-0.1, -0.05) is 400 Å². The van der Waals surface area contributed by atoms with Crippen LogP contribution in [0.2, 0.25) is 0 Å². The van der Waals surface area contributed by atoms with E-state index in [4.69, 9.17) is 0 Å². The summed E-state index contributed by atoms with van der Waals surface area (Å²) < 4.78 is 7.31. The van der Waals surface area contributed by atoms with Crippen molar-refractivity contribution in [3.8, 4) is 28.2 Å². The number of anilines is 9. The molecule has 0 saturated carbocycles. The molecule has 6 nitrogen and oxygen atoms in total. The van der Waals surface area contributed by atoms with Crippen LogP contribution >= 0.6 is 0 Å². The Hall–Kier alpha value is -19.9. The molecule has 0 radical (unpaired) electrons. The summed E-state index contributed by atoms with van der Waals surface area (Å²) in [6.07, 6.45) is 0. The fourth-order valence-corrected chi connectivity index (χ4v) is 24.0. The van der Waals surface area contributed by atoms with Crippen molar-refractivity contribution in [1.29, 1.82) is 0 Å². The van der Waals surface area contributed by atoms with Crippen molar-refractivity contribution in [2.45, 2.75) is 0 Å². The van der Waals surface area contributed by atoms with Gasteiger partial charge in [-0.3, -0.25) is 0 Å². The smallest absolute Gasteiger partial charge is 0.0547 e. The third-order valence-electron chi connectivity index (χ3n) is 30.9. The minimum Gasteiger partial charge on any atom is -0.310 e. The summed E-state index contributed by atoms with van der Waals surface area (Å²) in [7, 11) is 0. The summed E-state index contributed by atoms with van der Waals surface area (Å²) in [5.74, 6) is 0. The van der Waals surface area contributed by atoms with E-state index in [1.54, 1.807) is 0 Å². The molecule has 0 fully saturated rings.